The van der Waals surface area contributed by atoms with Crippen LogP contribution in [-0.4, -0.2) is 48.7 Å². The van der Waals surface area contributed by atoms with Crippen molar-refractivity contribution < 1.29 is 9.53 Å². The molecule has 1 rings (SSSR count). The molecule has 4 nitrogen and oxygen atoms in total. The van der Waals surface area contributed by atoms with Crippen LogP contribution in [0.2, 0.25) is 0 Å². The second kappa shape index (κ2) is 6.36. The van der Waals surface area contributed by atoms with Crippen LogP contribution in [0.1, 0.15) is 40.5 Å². The molecule has 0 bridgehead atoms. The molecule has 0 aromatic rings. The van der Waals surface area contributed by atoms with Gasteiger partial charge in [-0.1, -0.05) is 0 Å². The fraction of sp³-hybridized carbons (Fsp3) is 0.923. The molecule has 1 fully saturated rings. The molecule has 0 unspecified atom stereocenters. The van der Waals surface area contributed by atoms with E-state index in [1.54, 1.807) is 0 Å². The first-order chi connectivity index (χ1) is 7.92. The number of hydrogen-bond acceptors (Lipinski definition) is 3. The van der Waals surface area contributed by atoms with Gasteiger partial charge >= 0.3 is 0 Å². The van der Waals surface area contributed by atoms with Gasteiger partial charge in [-0.2, -0.15) is 0 Å². The molecule has 0 saturated carbocycles. The fourth-order valence-electron chi connectivity index (χ4n) is 1.96. The lowest BCUT2D eigenvalue weighted by Crippen LogP contribution is -2.48. The third-order valence-corrected chi connectivity index (χ3v) is 2.97. The molecule has 1 heterocycles. The Morgan fingerprint density at radius 1 is 1.35 bits per heavy atom. The van der Waals surface area contributed by atoms with E-state index in [4.69, 9.17) is 4.74 Å². The molecule has 1 N–H and O–H groups in total. The van der Waals surface area contributed by atoms with Gasteiger partial charge in [-0.3, -0.25) is 4.79 Å². The van der Waals surface area contributed by atoms with Crippen LogP contribution in [0.4, 0.5) is 0 Å². The van der Waals surface area contributed by atoms with Gasteiger partial charge in [0.05, 0.1) is 12.6 Å². The van der Waals surface area contributed by atoms with Gasteiger partial charge in [0.15, 0.2) is 0 Å². The van der Waals surface area contributed by atoms with Gasteiger partial charge in [0.1, 0.15) is 0 Å². The SMILES string of the molecule is CCOC1CCN(C(=O)CNC(C)(C)C)CC1. The van der Waals surface area contributed by atoms with Crippen molar-refractivity contribution in [1.29, 1.82) is 0 Å². The first-order valence-electron chi connectivity index (χ1n) is 6.57. The van der Waals surface area contributed by atoms with Crippen molar-refractivity contribution in [2.75, 3.05) is 26.2 Å². The zero-order chi connectivity index (χ0) is 12.9. The summed E-state index contributed by atoms with van der Waals surface area (Å²) in [6, 6.07) is 0. The molecular weight excluding hydrogens is 216 g/mol. The quantitative estimate of drug-likeness (QED) is 0.810. The van der Waals surface area contributed by atoms with Crippen molar-refractivity contribution >= 4 is 5.91 Å². The van der Waals surface area contributed by atoms with Crippen LogP contribution < -0.4 is 5.32 Å². The molecule has 0 radical (unpaired) electrons. The minimum atomic E-state index is -0.000691. The average Bonchev–Trinajstić information content (AvgIpc) is 2.26. The zero-order valence-electron chi connectivity index (χ0n) is 11.6. The van der Waals surface area contributed by atoms with Gasteiger partial charge in [0.25, 0.3) is 0 Å². The van der Waals surface area contributed by atoms with Gasteiger partial charge in [-0.25, -0.2) is 0 Å². The Hall–Kier alpha value is -0.610. The molecule has 0 spiro atoms. The van der Waals surface area contributed by atoms with Crippen LogP contribution in [0.5, 0.6) is 0 Å². The van der Waals surface area contributed by atoms with Crippen molar-refractivity contribution in [3.05, 3.63) is 0 Å². The smallest absolute Gasteiger partial charge is 0.236 e. The summed E-state index contributed by atoms with van der Waals surface area (Å²) in [5.41, 5.74) is -0.000691. The maximum absolute atomic E-state index is 11.9. The molecule has 17 heavy (non-hydrogen) atoms. The van der Waals surface area contributed by atoms with Crippen LogP contribution in [0, 0.1) is 0 Å². The molecule has 1 saturated heterocycles. The highest BCUT2D eigenvalue weighted by Gasteiger charge is 2.23. The minimum Gasteiger partial charge on any atom is -0.378 e. The van der Waals surface area contributed by atoms with Crippen LogP contribution in [0.25, 0.3) is 0 Å². The lowest BCUT2D eigenvalue weighted by molar-refractivity contribution is -0.133. The van der Waals surface area contributed by atoms with E-state index in [9.17, 15) is 4.79 Å². The highest BCUT2D eigenvalue weighted by atomic mass is 16.5. The van der Waals surface area contributed by atoms with Gasteiger partial charge in [0.2, 0.25) is 5.91 Å². The average molecular weight is 242 g/mol. The van der Waals surface area contributed by atoms with Crippen molar-refractivity contribution in [3.8, 4) is 0 Å². The number of carbonyl (C=O) groups excluding carboxylic acids is 1. The fourth-order valence-corrected chi connectivity index (χ4v) is 1.96. The molecule has 1 aliphatic rings. The number of amides is 1. The predicted molar refractivity (Wildman–Crippen MR) is 69.0 cm³/mol. The molecule has 0 atom stereocenters. The van der Waals surface area contributed by atoms with E-state index in [0.717, 1.165) is 32.5 Å². The van der Waals surface area contributed by atoms with E-state index >= 15 is 0 Å². The van der Waals surface area contributed by atoms with Crippen LogP contribution in [0.15, 0.2) is 0 Å². The number of ether oxygens (including phenoxy) is 1. The topological polar surface area (TPSA) is 41.6 Å². The summed E-state index contributed by atoms with van der Waals surface area (Å²) in [5.74, 6) is 0.204. The second-order valence-electron chi connectivity index (χ2n) is 5.64. The Labute approximate surface area is 105 Å². The number of likely N-dealkylation sites (tertiary alicyclic amines) is 1. The van der Waals surface area contributed by atoms with Crippen molar-refractivity contribution in [3.63, 3.8) is 0 Å². The molecule has 4 heteroatoms. The third-order valence-electron chi connectivity index (χ3n) is 2.97. The summed E-state index contributed by atoms with van der Waals surface area (Å²) in [4.78, 5) is 13.9. The van der Waals surface area contributed by atoms with Gasteiger partial charge in [0, 0.05) is 25.2 Å². The molecule has 100 valence electrons. The Bertz CT molecular complexity index is 240. The molecule has 0 aliphatic carbocycles. The summed E-state index contributed by atoms with van der Waals surface area (Å²) in [5, 5.41) is 3.23. The van der Waals surface area contributed by atoms with Crippen molar-refractivity contribution in [2.24, 2.45) is 0 Å². The first kappa shape index (κ1) is 14.5. The number of nitrogens with zero attached hydrogens (tertiary/aromatic N) is 1. The largest absolute Gasteiger partial charge is 0.378 e. The van der Waals surface area contributed by atoms with Crippen LogP contribution in [0.3, 0.4) is 0 Å². The Kier molecular flexibility index (Phi) is 5.40. The standard InChI is InChI=1S/C13H26N2O2/c1-5-17-11-6-8-15(9-7-11)12(16)10-14-13(2,3)4/h11,14H,5-10H2,1-4H3. The van der Waals surface area contributed by atoms with Crippen LogP contribution in [-0.2, 0) is 9.53 Å². The van der Waals surface area contributed by atoms with Crippen LogP contribution >= 0.6 is 0 Å². The Morgan fingerprint density at radius 3 is 2.41 bits per heavy atom. The lowest BCUT2D eigenvalue weighted by atomic mass is 10.1. The van der Waals surface area contributed by atoms with Crippen molar-refractivity contribution in [1.82, 2.24) is 10.2 Å². The second-order valence-corrected chi connectivity index (χ2v) is 5.64. The summed E-state index contributed by atoms with van der Waals surface area (Å²) < 4.78 is 5.57. The highest BCUT2D eigenvalue weighted by Crippen LogP contribution is 2.13. The predicted octanol–water partition coefficient (Wildman–Crippen LogP) is 1.40. The van der Waals surface area contributed by atoms with Gasteiger partial charge < -0.3 is 15.0 Å². The molecule has 0 aromatic heterocycles. The van der Waals surface area contributed by atoms with Crippen molar-refractivity contribution in [2.45, 2.75) is 52.2 Å². The molecule has 1 aliphatic heterocycles. The lowest BCUT2D eigenvalue weighted by Gasteiger charge is -2.32. The highest BCUT2D eigenvalue weighted by molar-refractivity contribution is 5.78. The Balaban J connectivity index is 2.26. The van der Waals surface area contributed by atoms with E-state index in [1.165, 1.54) is 0 Å². The first-order valence-corrected chi connectivity index (χ1v) is 6.57. The Morgan fingerprint density at radius 2 is 1.94 bits per heavy atom. The van der Waals surface area contributed by atoms with E-state index in [-0.39, 0.29) is 11.4 Å². The summed E-state index contributed by atoms with van der Waals surface area (Å²) >= 11 is 0. The normalized spacial score (nSPS) is 18.5. The number of piperidine rings is 1. The third kappa shape index (κ3) is 5.50. The minimum absolute atomic E-state index is 0.000691. The van der Waals surface area contributed by atoms with E-state index in [1.807, 2.05) is 11.8 Å². The number of nitrogens with one attached hydrogen (secondary N) is 1. The maximum atomic E-state index is 11.9. The van der Waals surface area contributed by atoms with E-state index in [0.29, 0.717) is 12.6 Å². The molecule has 1 amide bonds. The summed E-state index contributed by atoms with van der Waals surface area (Å²) in [6.45, 7) is 11.1. The maximum Gasteiger partial charge on any atom is 0.236 e. The van der Waals surface area contributed by atoms with E-state index in [2.05, 4.69) is 26.1 Å². The molecule has 0 aromatic carbocycles. The number of rotatable bonds is 4. The number of carbonyl (C=O) groups is 1. The summed E-state index contributed by atoms with van der Waals surface area (Å²) in [7, 11) is 0. The number of hydrogen-bond donors (Lipinski definition) is 1. The monoisotopic (exact) mass is 242 g/mol. The van der Waals surface area contributed by atoms with Gasteiger partial charge in [-0.05, 0) is 40.5 Å². The zero-order valence-corrected chi connectivity index (χ0v) is 11.6. The van der Waals surface area contributed by atoms with E-state index < -0.39 is 0 Å². The molecular formula is C13H26N2O2. The summed E-state index contributed by atoms with van der Waals surface area (Å²) in [6.07, 6.45) is 2.28. The van der Waals surface area contributed by atoms with Gasteiger partial charge in [-0.15, -0.1) is 0 Å².